The third-order valence-corrected chi connectivity index (χ3v) is 3.08. The molecule has 0 fully saturated rings. The summed E-state index contributed by atoms with van der Waals surface area (Å²) in [7, 11) is 0. The topological polar surface area (TPSA) is 78.8 Å². The highest BCUT2D eigenvalue weighted by atomic mass is 16.6. The number of phenols is 2. The second-order valence-corrected chi connectivity index (χ2v) is 6.16. The molecule has 0 bridgehead atoms. The van der Waals surface area contributed by atoms with Gasteiger partial charge in [0.1, 0.15) is 17.1 Å². The van der Waals surface area contributed by atoms with Gasteiger partial charge in [-0.1, -0.05) is 36.4 Å². The van der Waals surface area contributed by atoms with Gasteiger partial charge in [-0.05, 0) is 26.8 Å². The first-order valence-electron chi connectivity index (χ1n) is 7.35. The summed E-state index contributed by atoms with van der Waals surface area (Å²) in [5, 5.41) is 24.0. The number of alkyl carbamates (subject to hydrolysis) is 1. The number of nitrogens with one attached hydrogen (secondary N) is 1. The first-order chi connectivity index (χ1) is 10.8. The Bertz CT molecular complexity index is 745. The summed E-state index contributed by atoms with van der Waals surface area (Å²) >= 11 is 0. The van der Waals surface area contributed by atoms with E-state index < -0.39 is 11.7 Å². The Labute approximate surface area is 135 Å². The standard InChI is InChI=1S/C18H21NO4/c1-18(2,3)23-17(22)19-10-6-7-12-11-15(20)13-8-4-5-9-14(13)16(12)21/h4-9,11,20-21H,10H2,1-3H3,(H,19,22). The molecule has 0 atom stereocenters. The number of hydrogen-bond donors (Lipinski definition) is 3. The summed E-state index contributed by atoms with van der Waals surface area (Å²) in [6, 6.07) is 8.55. The normalized spacial score (nSPS) is 11.8. The molecule has 5 nitrogen and oxygen atoms in total. The molecule has 0 saturated carbocycles. The van der Waals surface area contributed by atoms with Crippen LogP contribution in [0.15, 0.2) is 36.4 Å². The molecule has 23 heavy (non-hydrogen) atoms. The highest BCUT2D eigenvalue weighted by Gasteiger charge is 2.15. The van der Waals surface area contributed by atoms with Crippen LogP contribution in [-0.4, -0.2) is 28.5 Å². The van der Waals surface area contributed by atoms with Crippen LogP contribution >= 0.6 is 0 Å². The molecule has 122 valence electrons. The minimum Gasteiger partial charge on any atom is -0.507 e. The predicted octanol–water partition coefficient (Wildman–Crippen LogP) is 3.79. The van der Waals surface area contributed by atoms with E-state index in [0.717, 1.165) is 0 Å². The molecular weight excluding hydrogens is 294 g/mol. The van der Waals surface area contributed by atoms with Crippen LogP contribution in [0, 0.1) is 0 Å². The molecular formula is C18H21NO4. The molecule has 0 aliphatic rings. The van der Waals surface area contributed by atoms with Crippen molar-refractivity contribution in [2.45, 2.75) is 26.4 Å². The number of rotatable bonds is 3. The van der Waals surface area contributed by atoms with Gasteiger partial charge in [0, 0.05) is 22.9 Å². The zero-order chi connectivity index (χ0) is 17.0. The lowest BCUT2D eigenvalue weighted by molar-refractivity contribution is 0.0534. The lowest BCUT2D eigenvalue weighted by atomic mass is 10.0. The van der Waals surface area contributed by atoms with Crippen LogP contribution in [-0.2, 0) is 4.74 Å². The van der Waals surface area contributed by atoms with Crippen molar-refractivity contribution < 1.29 is 19.7 Å². The van der Waals surface area contributed by atoms with Crippen molar-refractivity contribution in [1.29, 1.82) is 0 Å². The number of carbonyl (C=O) groups is 1. The third-order valence-electron chi connectivity index (χ3n) is 3.08. The van der Waals surface area contributed by atoms with E-state index in [1.54, 1.807) is 57.2 Å². The van der Waals surface area contributed by atoms with Gasteiger partial charge in [-0.2, -0.15) is 0 Å². The largest absolute Gasteiger partial charge is 0.507 e. The highest BCUT2D eigenvalue weighted by Crippen LogP contribution is 2.35. The first kappa shape index (κ1) is 16.7. The Hall–Kier alpha value is -2.69. The van der Waals surface area contributed by atoms with E-state index in [-0.39, 0.29) is 18.0 Å². The molecule has 0 aliphatic carbocycles. The number of benzene rings is 2. The van der Waals surface area contributed by atoms with Crippen LogP contribution in [0.4, 0.5) is 4.79 Å². The van der Waals surface area contributed by atoms with Crippen LogP contribution in [0.3, 0.4) is 0 Å². The monoisotopic (exact) mass is 315 g/mol. The van der Waals surface area contributed by atoms with Crippen molar-refractivity contribution in [3.05, 3.63) is 42.0 Å². The van der Waals surface area contributed by atoms with E-state index in [0.29, 0.717) is 16.3 Å². The zero-order valence-electron chi connectivity index (χ0n) is 13.5. The Morgan fingerprint density at radius 2 is 1.87 bits per heavy atom. The maximum Gasteiger partial charge on any atom is 0.407 e. The molecule has 0 saturated heterocycles. The maximum absolute atomic E-state index is 11.5. The number of amides is 1. The van der Waals surface area contributed by atoms with Gasteiger partial charge < -0.3 is 20.3 Å². The summed E-state index contributed by atoms with van der Waals surface area (Å²) in [4.78, 5) is 11.5. The van der Waals surface area contributed by atoms with Crippen LogP contribution in [0.25, 0.3) is 16.8 Å². The second-order valence-electron chi connectivity index (χ2n) is 6.16. The molecule has 2 aromatic carbocycles. The number of phenolic OH excluding ortho intramolecular Hbond substituents is 2. The first-order valence-corrected chi connectivity index (χ1v) is 7.35. The highest BCUT2D eigenvalue weighted by molar-refractivity contribution is 5.95. The number of ether oxygens (including phenoxy) is 1. The molecule has 0 aromatic heterocycles. The lowest BCUT2D eigenvalue weighted by Crippen LogP contribution is -2.32. The molecule has 2 aromatic rings. The predicted molar refractivity (Wildman–Crippen MR) is 90.5 cm³/mol. The second kappa shape index (κ2) is 6.60. The molecule has 0 radical (unpaired) electrons. The fourth-order valence-electron chi connectivity index (χ4n) is 2.13. The van der Waals surface area contributed by atoms with Crippen LogP contribution < -0.4 is 5.32 Å². The van der Waals surface area contributed by atoms with E-state index >= 15 is 0 Å². The summed E-state index contributed by atoms with van der Waals surface area (Å²) < 4.78 is 5.12. The summed E-state index contributed by atoms with van der Waals surface area (Å²) in [6.45, 7) is 5.62. The quantitative estimate of drug-likeness (QED) is 0.753. The van der Waals surface area contributed by atoms with Crippen molar-refractivity contribution in [3.63, 3.8) is 0 Å². The van der Waals surface area contributed by atoms with Crippen molar-refractivity contribution in [3.8, 4) is 11.5 Å². The molecule has 3 N–H and O–H groups in total. The van der Waals surface area contributed by atoms with Crippen molar-refractivity contribution in [2.24, 2.45) is 0 Å². The molecule has 0 unspecified atom stereocenters. The lowest BCUT2D eigenvalue weighted by Gasteiger charge is -2.19. The number of fused-ring (bicyclic) bond motifs is 1. The number of aromatic hydroxyl groups is 2. The van der Waals surface area contributed by atoms with Gasteiger partial charge >= 0.3 is 6.09 Å². The summed E-state index contributed by atoms with van der Waals surface area (Å²) in [6.07, 6.45) is 2.80. The van der Waals surface area contributed by atoms with E-state index in [1.807, 2.05) is 0 Å². The molecule has 5 heteroatoms. The smallest absolute Gasteiger partial charge is 0.407 e. The van der Waals surface area contributed by atoms with E-state index in [1.165, 1.54) is 6.07 Å². The van der Waals surface area contributed by atoms with Crippen LogP contribution in [0.5, 0.6) is 11.5 Å². The average Bonchev–Trinajstić information content (AvgIpc) is 2.46. The van der Waals surface area contributed by atoms with E-state index in [4.69, 9.17) is 4.74 Å². The van der Waals surface area contributed by atoms with Crippen molar-refractivity contribution >= 4 is 22.9 Å². The fraction of sp³-hybridized carbons (Fsp3) is 0.278. The molecule has 0 aliphatic heterocycles. The number of carbonyl (C=O) groups excluding carboxylic acids is 1. The van der Waals surface area contributed by atoms with Gasteiger partial charge in [-0.25, -0.2) is 4.79 Å². The molecule has 2 rings (SSSR count). The number of hydrogen-bond acceptors (Lipinski definition) is 4. The molecule has 0 heterocycles. The van der Waals surface area contributed by atoms with Gasteiger partial charge in [0.15, 0.2) is 0 Å². The van der Waals surface area contributed by atoms with Crippen LogP contribution in [0.2, 0.25) is 0 Å². The Morgan fingerprint density at radius 1 is 1.22 bits per heavy atom. The Morgan fingerprint density at radius 3 is 2.52 bits per heavy atom. The minimum atomic E-state index is -0.545. The minimum absolute atomic E-state index is 0.0897. The molecule has 0 spiro atoms. The maximum atomic E-state index is 11.5. The SMILES string of the molecule is CC(C)(C)OC(=O)NCC=Cc1cc(O)c2ccccc2c1O. The van der Waals surface area contributed by atoms with Crippen LogP contribution in [0.1, 0.15) is 26.3 Å². The van der Waals surface area contributed by atoms with Gasteiger partial charge in [-0.15, -0.1) is 0 Å². The zero-order valence-corrected chi connectivity index (χ0v) is 13.5. The average molecular weight is 315 g/mol. The van der Waals surface area contributed by atoms with Gasteiger partial charge in [0.25, 0.3) is 0 Å². The summed E-state index contributed by atoms with van der Waals surface area (Å²) in [5.41, 5.74) is -0.0666. The van der Waals surface area contributed by atoms with Gasteiger partial charge in [0.2, 0.25) is 0 Å². The van der Waals surface area contributed by atoms with Gasteiger partial charge in [0.05, 0.1) is 0 Å². The van der Waals surface area contributed by atoms with Crippen molar-refractivity contribution in [2.75, 3.05) is 6.54 Å². The van der Waals surface area contributed by atoms with Gasteiger partial charge in [-0.3, -0.25) is 0 Å². The van der Waals surface area contributed by atoms with E-state index in [9.17, 15) is 15.0 Å². The molecule has 1 amide bonds. The fourth-order valence-corrected chi connectivity index (χ4v) is 2.13. The third kappa shape index (κ3) is 4.39. The summed E-state index contributed by atoms with van der Waals surface area (Å²) in [5.74, 6) is 0.185. The Kier molecular flexibility index (Phi) is 4.79. The van der Waals surface area contributed by atoms with Crippen molar-refractivity contribution in [1.82, 2.24) is 5.32 Å². The van der Waals surface area contributed by atoms with E-state index in [2.05, 4.69) is 5.32 Å². The Balaban J connectivity index is 2.07.